The standard InChI is InChI=1S/C21H36FNO3/c1-2-3-4-5-6-7-8-9-12-19(22)14-16-23-15-10-13-20(23)21(25)26-18-11-17-24/h10,13,15,19,24H,2-9,11-12,14,16-18H2,1H3. The molecule has 0 aliphatic carbocycles. The molecule has 1 atom stereocenters. The van der Waals surface area contributed by atoms with Gasteiger partial charge in [0.25, 0.3) is 0 Å². The largest absolute Gasteiger partial charge is 0.461 e. The van der Waals surface area contributed by atoms with Crippen LogP contribution < -0.4 is 0 Å². The van der Waals surface area contributed by atoms with Gasteiger partial charge in [0.15, 0.2) is 0 Å². The van der Waals surface area contributed by atoms with E-state index in [9.17, 15) is 9.18 Å². The molecule has 0 aliphatic heterocycles. The van der Waals surface area contributed by atoms with Crippen LogP contribution in [0.4, 0.5) is 4.39 Å². The van der Waals surface area contributed by atoms with Crippen LogP contribution >= 0.6 is 0 Å². The Balaban J connectivity index is 2.16. The predicted molar refractivity (Wildman–Crippen MR) is 103 cm³/mol. The van der Waals surface area contributed by atoms with Crippen molar-refractivity contribution in [3.8, 4) is 0 Å². The number of carbonyl (C=O) groups excluding carboxylic acids is 1. The van der Waals surface area contributed by atoms with Crippen LogP contribution in [0, 0.1) is 0 Å². The van der Waals surface area contributed by atoms with Gasteiger partial charge in [0.1, 0.15) is 11.9 Å². The van der Waals surface area contributed by atoms with Crippen LogP contribution in [0.25, 0.3) is 0 Å². The molecule has 0 saturated carbocycles. The number of aryl methyl sites for hydroxylation is 1. The van der Waals surface area contributed by atoms with Crippen molar-refractivity contribution in [3.63, 3.8) is 0 Å². The number of rotatable bonds is 16. The number of aliphatic hydroxyl groups is 1. The number of unbranched alkanes of at least 4 members (excludes halogenated alkanes) is 7. The van der Waals surface area contributed by atoms with Gasteiger partial charge in [0, 0.05) is 25.8 Å². The summed E-state index contributed by atoms with van der Waals surface area (Å²) in [6, 6.07) is 3.46. The van der Waals surface area contributed by atoms with Crippen molar-refractivity contribution in [2.45, 2.75) is 90.3 Å². The zero-order chi connectivity index (χ0) is 19.0. The molecule has 1 unspecified atom stereocenters. The molecule has 0 amide bonds. The Morgan fingerprint density at radius 3 is 2.50 bits per heavy atom. The summed E-state index contributed by atoms with van der Waals surface area (Å²) in [6.45, 7) is 2.90. The minimum absolute atomic E-state index is 0.00341. The maximum atomic E-state index is 14.1. The molecule has 1 aromatic heterocycles. The number of ether oxygens (including phenoxy) is 1. The molecule has 4 nitrogen and oxygen atoms in total. The van der Waals surface area contributed by atoms with Gasteiger partial charge in [-0.2, -0.15) is 0 Å². The molecule has 1 rings (SSSR count). The highest BCUT2D eigenvalue weighted by molar-refractivity contribution is 5.87. The second kappa shape index (κ2) is 14.8. The summed E-state index contributed by atoms with van der Waals surface area (Å²) in [4.78, 5) is 12.0. The van der Waals surface area contributed by atoms with Gasteiger partial charge in [-0.3, -0.25) is 0 Å². The van der Waals surface area contributed by atoms with E-state index in [2.05, 4.69) is 6.92 Å². The molecule has 1 aromatic rings. The number of esters is 1. The van der Waals surface area contributed by atoms with Gasteiger partial charge in [-0.1, -0.05) is 58.3 Å². The Morgan fingerprint density at radius 1 is 1.12 bits per heavy atom. The molecule has 5 heteroatoms. The quantitative estimate of drug-likeness (QED) is 0.318. The number of hydrogen-bond donors (Lipinski definition) is 1. The number of nitrogens with zero attached hydrogens (tertiary/aromatic N) is 1. The highest BCUT2D eigenvalue weighted by atomic mass is 19.1. The first-order valence-corrected chi connectivity index (χ1v) is 10.3. The van der Waals surface area contributed by atoms with Crippen LogP contribution in [0.2, 0.25) is 0 Å². The van der Waals surface area contributed by atoms with E-state index in [1.54, 1.807) is 22.9 Å². The summed E-state index contributed by atoms with van der Waals surface area (Å²) in [5.74, 6) is -0.415. The lowest BCUT2D eigenvalue weighted by Crippen LogP contribution is -2.15. The average Bonchev–Trinajstić information content (AvgIpc) is 3.11. The second-order valence-corrected chi connectivity index (χ2v) is 6.95. The maximum absolute atomic E-state index is 14.1. The van der Waals surface area contributed by atoms with Gasteiger partial charge in [0.2, 0.25) is 0 Å². The van der Waals surface area contributed by atoms with Crippen molar-refractivity contribution in [1.82, 2.24) is 4.57 Å². The molecule has 0 aliphatic rings. The van der Waals surface area contributed by atoms with E-state index >= 15 is 0 Å². The topological polar surface area (TPSA) is 51.5 Å². The Bertz CT molecular complexity index is 476. The zero-order valence-corrected chi connectivity index (χ0v) is 16.3. The van der Waals surface area contributed by atoms with Crippen LogP contribution in [0.1, 0.15) is 88.0 Å². The maximum Gasteiger partial charge on any atom is 0.354 e. The van der Waals surface area contributed by atoms with Crippen molar-refractivity contribution in [1.29, 1.82) is 0 Å². The first-order chi connectivity index (χ1) is 12.7. The third-order valence-electron chi connectivity index (χ3n) is 4.63. The Hall–Kier alpha value is -1.36. The summed E-state index contributed by atoms with van der Waals surface area (Å²) in [5.41, 5.74) is 0.446. The van der Waals surface area contributed by atoms with Crippen molar-refractivity contribution in [3.05, 3.63) is 24.0 Å². The summed E-state index contributed by atoms with van der Waals surface area (Å²) in [6.07, 6.45) is 12.2. The van der Waals surface area contributed by atoms with E-state index < -0.39 is 12.1 Å². The molecular formula is C21H36FNO3. The molecule has 0 fully saturated rings. The number of aliphatic hydroxyl groups excluding tert-OH is 1. The van der Waals surface area contributed by atoms with E-state index in [1.807, 2.05) is 0 Å². The van der Waals surface area contributed by atoms with Crippen LogP contribution in [-0.4, -0.2) is 35.0 Å². The molecule has 1 N–H and O–H groups in total. The van der Waals surface area contributed by atoms with E-state index in [-0.39, 0.29) is 13.2 Å². The second-order valence-electron chi connectivity index (χ2n) is 6.95. The summed E-state index contributed by atoms with van der Waals surface area (Å²) in [7, 11) is 0. The Kier molecular flexibility index (Phi) is 12.9. The highest BCUT2D eigenvalue weighted by Crippen LogP contribution is 2.15. The lowest BCUT2D eigenvalue weighted by atomic mass is 10.1. The zero-order valence-electron chi connectivity index (χ0n) is 16.3. The molecule has 0 spiro atoms. The SMILES string of the molecule is CCCCCCCCCCC(F)CCn1cccc1C(=O)OCCCO. The lowest BCUT2D eigenvalue weighted by Gasteiger charge is -2.12. The molecule has 26 heavy (non-hydrogen) atoms. The number of hydrogen-bond acceptors (Lipinski definition) is 3. The van der Waals surface area contributed by atoms with Gasteiger partial charge >= 0.3 is 5.97 Å². The fraction of sp³-hybridized carbons (Fsp3) is 0.762. The molecule has 0 saturated heterocycles. The highest BCUT2D eigenvalue weighted by Gasteiger charge is 2.14. The van der Waals surface area contributed by atoms with Gasteiger partial charge in [-0.25, -0.2) is 9.18 Å². The molecule has 1 heterocycles. The summed E-state index contributed by atoms with van der Waals surface area (Å²) >= 11 is 0. The van der Waals surface area contributed by atoms with Crippen LogP contribution in [0.15, 0.2) is 18.3 Å². The van der Waals surface area contributed by atoms with Gasteiger partial charge in [-0.15, -0.1) is 0 Å². The first-order valence-electron chi connectivity index (χ1n) is 10.3. The van der Waals surface area contributed by atoms with Crippen LogP contribution in [-0.2, 0) is 11.3 Å². The number of halogens is 1. The van der Waals surface area contributed by atoms with Crippen LogP contribution in [0.3, 0.4) is 0 Å². The number of aromatic nitrogens is 1. The monoisotopic (exact) mass is 369 g/mol. The van der Waals surface area contributed by atoms with Crippen LogP contribution in [0.5, 0.6) is 0 Å². The number of carbonyl (C=O) groups is 1. The molecular weight excluding hydrogens is 333 g/mol. The van der Waals surface area contributed by atoms with E-state index in [1.165, 1.54) is 38.5 Å². The fourth-order valence-corrected chi connectivity index (χ4v) is 3.02. The molecule has 150 valence electrons. The Labute approximate surface area is 157 Å². The van der Waals surface area contributed by atoms with Gasteiger partial charge < -0.3 is 14.4 Å². The van der Waals surface area contributed by atoms with Crippen molar-refractivity contribution in [2.24, 2.45) is 0 Å². The summed E-state index contributed by atoms with van der Waals surface area (Å²) < 4.78 is 20.9. The third-order valence-corrected chi connectivity index (χ3v) is 4.63. The van der Waals surface area contributed by atoms with E-state index in [0.717, 1.165) is 12.8 Å². The first kappa shape index (κ1) is 22.7. The minimum Gasteiger partial charge on any atom is -0.461 e. The Morgan fingerprint density at radius 2 is 1.81 bits per heavy atom. The number of alkyl halides is 1. The fourth-order valence-electron chi connectivity index (χ4n) is 3.02. The van der Waals surface area contributed by atoms with E-state index in [0.29, 0.717) is 31.5 Å². The molecule has 0 aromatic carbocycles. The third kappa shape index (κ3) is 9.95. The average molecular weight is 370 g/mol. The van der Waals surface area contributed by atoms with Crippen molar-refractivity contribution >= 4 is 5.97 Å². The van der Waals surface area contributed by atoms with Gasteiger partial charge in [-0.05, 0) is 25.0 Å². The minimum atomic E-state index is -0.823. The van der Waals surface area contributed by atoms with Gasteiger partial charge in [0.05, 0.1) is 6.61 Å². The van der Waals surface area contributed by atoms with E-state index in [4.69, 9.17) is 9.84 Å². The molecule has 0 radical (unpaired) electrons. The summed E-state index contributed by atoms with van der Waals surface area (Å²) in [5, 5.41) is 8.72. The smallest absolute Gasteiger partial charge is 0.354 e. The lowest BCUT2D eigenvalue weighted by molar-refractivity contribution is 0.0468. The van der Waals surface area contributed by atoms with Crippen molar-refractivity contribution < 1.29 is 19.0 Å². The normalized spacial score (nSPS) is 12.3. The molecule has 0 bridgehead atoms. The van der Waals surface area contributed by atoms with Crippen molar-refractivity contribution in [2.75, 3.05) is 13.2 Å². The predicted octanol–water partition coefficient (Wildman–Crippen LogP) is 5.29.